The normalized spacial score (nSPS) is 16.5. The number of amides is 1. The van der Waals surface area contributed by atoms with E-state index in [-0.39, 0.29) is 12.7 Å². The predicted octanol–water partition coefficient (Wildman–Crippen LogP) is 0.257. The Kier molecular flexibility index (Phi) is 2.55. The van der Waals surface area contributed by atoms with Crippen molar-refractivity contribution in [3.8, 4) is 0 Å². The molecule has 7 heteroatoms. The number of carbonyl (C=O) groups is 1. The molecule has 82 valence electrons. The average Bonchev–Trinajstić information content (AvgIpc) is 2.48. The second-order valence-electron chi connectivity index (χ2n) is 3.34. The number of hydrogen-bond acceptors (Lipinski definition) is 5. The molecule has 0 radical (unpaired) electrons. The standard InChI is InChI=1S/C8H11N3O4/c1-5-9-10-7(15-5)4-14-6-2-11(3-6)8(12)13/h6H,2-4H2,1H3,(H,12,13). The third-order valence-corrected chi connectivity index (χ3v) is 2.13. The van der Waals surface area contributed by atoms with Crippen molar-refractivity contribution in [2.24, 2.45) is 0 Å². The number of likely N-dealkylation sites (tertiary alicyclic amines) is 1. The molecular weight excluding hydrogens is 202 g/mol. The van der Waals surface area contributed by atoms with Crippen LogP contribution in [0.1, 0.15) is 11.8 Å². The summed E-state index contributed by atoms with van der Waals surface area (Å²) in [5.74, 6) is 0.913. The Morgan fingerprint density at radius 2 is 2.40 bits per heavy atom. The first-order valence-corrected chi connectivity index (χ1v) is 4.53. The molecule has 0 atom stereocenters. The van der Waals surface area contributed by atoms with E-state index < -0.39 is 6.09 Å². The number of carboxylic acid groups (broad SMARTS) is 1. The van der Waals surface area contributed by atoms with Gasteiger partial charge in [0.2, 0.25) is 11.8 Å². The third kappa shape index (κ3) is 2.24. The van der Waals surface area contributed by atoms with Gasteiger partial charge in [-0.3, -0.25) is 0 Å². The highest BCUT2D eigenvalue weighted by Gasteiger charge is 2.31. The van der Waals surface area contributed by atoms with E-state index in [1.165, 1.54) is 4.90 Å². The molecule has 15 heavy (non-hydrogen) atoms. The molecule has 1 aliphatic heterocycles. The molecule has 1 aromatic heterocycles. The summed E-state index contributed by atoms with van der Waals surface area (Å²) in [6, 6.07) is 0. The molecule has 0 aliphatic carbocycles. The van der Waals surface area contributed by atoms with Gasteiger partial charge in [-0.15, -0.1) is 10.2 Å². The summed E-state index contributed by atoms with van der Waals surface area (Å²) in [6.45, 7) is 2.75. The van der Waals surface area contributed by atoms with Gasteiger partial charge in [0.05, 0.1) is 19.2 Å². The summed E-state index contributed by atoms with van der Waals surface area (Å²) in [7, 11) is 0. The fourth-order valence-electron chi connectivity index (χ4n) is 1.28. The molecule has 0 unspecified atom stereocenters. The lowest BCUT2D eigenvalue weighted by Crippen LogP contribution is -2.54. The van der Waals surface area contributed by atoms with Crippen molar-refractivity contribution in [2.75, 3.05) is 13.1 Å². The van der Waals surface area contributed by atoms with Crippen molar-refractivity contribution in [3.63, 3.8) is 0 Å². The van der Waals surface area contributed by atoms with Crippen molar-refractivity contribution >= 4 is 6.09 Å². The van der Waals surface area contributed by atoms with Crippen LogP contribution in [0.4, 0.5) is 4.79 Å². The second kappa shape index (κ2) is 3.85. The molecule has 1 fully saturated rings. The summed E-state index contributed by atoms with van der Waals surface area (Å²) >= 11 is 0. The molecule has 0 spiro atoms. The monoisotopic (exact) mass is 213 g/mol. The highest BCUT2D eigenvalue weighted by atomic mass is 16.5. The van der Waals surface area contributed by atoms with Gasteiger partial charge in [-0.25, -0.2) is 4.79 Å². The van der Waals surface area contributed by atoms with Gasteiger partial charge in [0.25, 0.3) is 0 Å². The number of aryl methyl sites for hydroxylation is 1. The van der Waals surface area contributed by atoms with Gasteiger partial charge in [-0.2, -0.15) is 0 Å². The van der Waals surface area contributed by atoms with Crippen LogP contribution in [0.25, 0.3) is 0 Å². The van der Waals surface area contributed by atoms with E-state index in [9.17, 15) is 4.79 Å². The molecule has 0 bridgehead atoms. The molecule has 2 heterocycles. The van der Waals surface area contributed by atoms with Crippen LogP contribution in [0, 0.1) is 6.92 Å². The van der Waals surface area contributed by atoms with Gasteiger partial charge in [-0.05, 0) is 0 Å². The lowest BCUT2D eigenvalue weighted by Gasteiger charge is -2.36. The fourth-order valence-corrected chi connectivity index (χ4v) is 1.28. The first-order valence-electron chi connectivity index (χ1n) is 4.53. The summed E-state index contributed by atoms with van der Waals surface area (Å²) in [6.07, 6.45) is -0.975. The van der Waals surface area contributed by atoms with Gasteiger partial charge in [-0.1, -0.05) is 0 Å². The molecule has 0 aromatic carbocycles. The Bertz CT molecular complexity index is 359. The first kappa shape index (κ1) is 9.91. The Balaban J connectivity index is 1.70. The molecule has 1 N–H and O–H groups in total. The van der Waals surface area contributed by atoms with Crippen LogP contribution in [0.3, 0.4) is 0 Å². The number of aromatic nitrogens is 2. The lowest BCUT2D eigenvalue weighted by molar-refractivity contribution is -0.0581. The predicted molar refractivity (Wildman–Crippen MR) is 47.2 cm³/mol. The molecule has 1 saturated heterocycles. The van der Waals surface area contributed by atoms with Crippen molar-refractivity contribution in [1.29, 1.82) is 0 Å². The number of nitrogens with zero attached hydrogens (tertiary/aromatic N) is 3. The van der Waals surface area contributed by atoms with Gasteiger partial charge in [0.1, 0.15) is 6.61 Å². The van der Waals surface area contributed by atoms with Crippen LogP contribution in [0.5, 0.6) is 0 Å². The van der Waals surface area contributed by atoms with Crippen molar-refractivity contribution in [1.82, 2.24) is 15.1 Å². The fraction of sp³-hybridized carbons (Fsp3) is 0.625. The maximum absolute atomic E-state index is 10.4. The minimum absolute atomic E-state index is 0.0618. The van der Waals surface area contributed by atoms with E-state index in [2.05, 4.69) is 10.2 Å². The number of hydrogen-bond donors (Lipinski definition) is 1. The van der Waals surface area contributed by atoms with Crippen LogP contribution < -0.4 is 0 Å². The second-order valence-corrected chi connectivity index (χ2v) is 3.34. The molecule has 0 saturated carbocycles. The summed E-state index contributed by atoms with van der Waals surface area (Å²) in [5.41, 5.74) is 0. The van der Waals surface area contributed by atoms with Crippen molar-refractivity contribution in [2.45, 2.75) is 19.6 Å². The quantitative estimate of drug-likeness (QED) is 0.774. The summed E-state index contributed by atoms with van der Waals surface area (Å²) < 4.78 is 10.5. The van der Waals surface area contributed by atoms with Gasteiger partial charge < -0.3 is 19.2 Å². The summed E-state index contributed by atoms with van der Waals surface area (Å²) in [4.78, 5) is 11.7. The Hall–Kier alpha value is -1.63. The van der Waals surface area contributed by atoms with Gasteiger partial charge in [0, 0.05) is 6.92 Å². The molecular formula is C8H11N3O4. The van der Waals surface area contributed by atoms with E-state index in [0.717, 1.165) is 0 Å². The van der Waals surface area contributed by atoms with Crippen LogP contribution in [-0.2, 0) is 11.3 Å². The number of rotatable bonds is 3. The maximum Gasteiger partial charge on any atom is 0.407 e. The minimum atomic E-state index is -0.913. The van der Waals surface area contributed by atoms with Gasteiger partial charge >= 0.3 is 6.09 Å². The van der Waals surface area contributed by atoms with E-state index in [0.29, 0.717) is 24.9 Å². The Morgan fingerprint density at radius 3 is 2.93 bits per heavy atom. The van der Waals surface area contributed by atoms with E-state index in [1.807, 2.05) is 0 Å². The first-order chi connectivity index (χ1) is 7.15. The zero-order chi connectivity index (χ0) is 10.8. The zero-order valence-corrected chi connectivity index (χ0v) is 8.21. The van der Waals surface area contributed by atoms with E-state index in [4.69, 9.17) is 14.3 Å². The Morgan fingerprint density at radius 1 is 1.67 bits per heavy atom. The van der Waals surface area contributed by atoms with E-state index in [1.54, 1.807) is 6.92 Å². The van der Waals surface area contributed by atoms with Crippen LogP contribution in [0.2, 0.25) is 0 Å². The maximum atomic E-state index is 10.4. The van der Waals surface area contributed by atoms with Crippen LogP contribution in [0.15, 0.2) is 4.42 Å². The third-order valence-electron chi connectivity index (χ3n) is 2.13. The lowest BCUT2D eigenvalue weighted by atomic mass is 10.2. The summed E-state index contributed by atoms with van der Waals surface area (Å²) in [5, 5.41) is 16.0. The van der Waals surface area contributed by atoms with Crippen molar-refractivity contribution in [3.05, 3.63) is 11.8 Å². The SMILES string of the molecule is Cc1nnc(COC2CN(C(=O)O)C2)o1. The molecule has 1 aliphatic rings. The highest BCUT2D eigenvalue weighted by molar-refractivity contribution is 5.66. The van der Waals surface area contributed by atoms with E-state index >= 15 is 0 Å². The molecule has 2 rings (SSSR count). The van der Waals surface area contributed by atoms with Crippen LogP contribution >= 0.6 is 0 Å². The highest BCUT2D eigenvalue weighted by Crippen LogP contribution is 2.13. The van der Waals surface area contributed by atoms with Gasteiger partial charge in [0.15, 0.2) is 0 Å². The number of ether oxygens (including phenoxy) is 1. The topological polar surface area (TPSA) is 88.7 Å². The average molecular weight is 213 g/mol. The molecule has 1 aromatic rings. The smallest absolute Gasteiger partial charge is 0.407 e. The molecule has 1 amide bonds. The minimum Gasteiger partial charge on any atom is -0.465 e. The van der Waals surface area contributed by atoms with Crippen LogP contribution in [-0.4, -0.2) is 45.5 Å². The largest absolute Gasteiger partial charge is 0.465 e. The van der Waals surface area contributed by atoms with Crippen molar-refractivity contribution < 1.29 is 19.1 Å². The molecule has 7 nitrogen and oxygen atoms in total. The Labute approximate surface area is 85.6 Å². The zero-order valence-electron chi connectivity index (χ0n) is 8.21.